The van der Waals surface area contributed by atoms with Crippen molar-refractivity contribution in [3.8, 4) is 10.6 Å². The molecule has 8 heteroatoms. The van der Waals surface area contributed by atoms with Gasteiger partial charge in [0.25, 0.3) is 5.69 Å². The number of hydrogen-bond donors (Lipinski definition) is 1. The first-order valence-corrected chi connectivity index (χ1v) is 9.87. The number of hydrogen-bond acceptors (Lipinski definition) is 6. The average molecular weight is 416 g/mol. The Morgan fingerprint density at radius 3 is 2.67 bits per heavy atom. The molecule has 0 atom stereocenters. The molecule has 0 aliphatic carbocycles. The lowest BCUT2D eigenvalue weighted by Gasteiger charge is -2.08. The van der Waals surface area contributed by atoms with Crippen LogP contribution in [-0.4, -0.2) is 20.8 Å². The molecule has 0 bridgehead atoms. The number of carbonyl (C=O) groups excluding carboxylic acids is 1. The van der Waals surface area contributed by atoms with Gasteiger partial charge >= 0.3 is 0 Å². The summed E-state index contributed by atoms with van der Waals surface area (Å²) in [5.74, 6) is -0.284. The van der Waals surface area contributed by atoms with Gasteiger partial charge in [-0.25, -0.2) is 9.97 Å². The van der Waals surface area contributed by atoms with Crippen molar-refractivity contribution in [3.63, 3.8) is 0 Å². The van der Waals surface area contributed by atoms with Gasteiger partial charge in [-0.1, -0.05) is 11.3 Å². The monoisotopic (exact) mass is 416 g/mol. The molecule has 4 rings (SSSR count). The van der Waals surface area contributed by atoms with Crippen molar-refractivity contribution in [2.75, 3.05) is 5.32 Å². The van der Waals surface area contributed by atoms with Crippen LogP contribution in [0.3, 0.4) is 0 Å². The zero-order chi connectivity index (χ0) is 21.1. The Hall–Kier alpha value is -3.91. The summed E-state index contributed by atoms with van der Waals surface area (Å²) in [5, 5.41) is 14.4. The minimum Gasteiger partial charge on any atom is -0.322 e. The third-order valence-corrected chi connectivity index (χ3v) is 5.46. The van der Waals surface area contributed by atoms with Crippen LogP contribution < -0.4 is 5.32 Å². The lowest BCUT2D eigenvalue weighted by atomic mass is 10.1. The molecule has 30 heavy (non-hydrogen) atoms. The number of aryl methyl sites for hydroxylation is 1. The molecule has 7 nitrogen and oxygen atoms in total. The zero-order valence-corrected chi connectivity index (χ0v) is 16.7. The fraction of sp³-hybridized carbons (Fsp3) is 0.0455. The van der Waals surface area contributed by atoms with E-state index in [-0.39, 0.29) is 11.6 Å². The van der Waals surface area contributed by atoms with Gasteiger partial charge in [-0.15, -0.1) is 0 Å². The Morgan fingerprint density at radius 2 is 1.97 bits per heavy atom. The summed E-state index contributed by atoms with van der Waals surface area (Å²) < 4.78 is 0. The van der Waals surface area contributed by atoms with E-state index in [1.165, 1.54) is 29.5 Å². The van der Waals surface area contributed by atoms with E-state index < -0.39 is 4.92 Å². The molecule has 0 aliphatic rings. The quantitative estimate of drug-likeness (QED) is 0.273. The van der Waals surface area contributed by atoms with Crippen LogP contribution in [0.1, 0.15) is 11.1 Å². The van der Waals surface area contributed by atoms with Gasteiger partial charge in [0, 0.05) is 35.7 Å². The Morgan fingerprint density at radius 1 is 1.17 bits per heavy atom. The van der Waals surface area contributed by atoms with Crippen molar-refractivity contribution in [2.45, 2.75) is 6.92 Å². The summed E-state index contributed by atoms with van der Waals surface area (Å²) in [7, 11) is 0. The number of fused-ring (bicyclic) bond motifs is 1. The van der Waals surface area contributed by atoms with Gasteiger partial charge in [-0.3, -0.25) is 14.9 Å². The second kappa shape index (κ2) is 8.22. The fourth-order valence-corrected chi connectivity index (χ4v) is 3.79. The number of nitrogens with zero attached hydrogens (tertiary/aromatic N) is 3. The topological polar surface area (TPSA) is 98.0 Å². The van der Waals surface area contributed by atoms with Gasteiger partial charge in [0.1, 0.15) is 15.4 Å². The minimum absolute atomic E-state index is 0.0104. The van der Waals surface area contributed by atoms with Crippen LogP contribution in [0.5, 0.6) is 0 Å². The van der Waals surface area contributed by atoms with Crippen molar-refractivity contribution < 1.29 is 9.72 Å². The van der Waals surface area contributed by atoms with E-state index in [4.69, 9.17) is 0 Å². The van der Waals surface area contributed by atoms with Crippen molar-refractivity contribution >= 4 is 45.0 Å². The van der Waals surface area contributed by atoms with Gasteiger partial charge in [0.2, 0.25) is 5.91 Å². The number of anilines is 1. The average Bonchev–Trinajstić information content (AvgIpc) is 3.18. The number of benzene rings is 2. The zero-order valence-electron chi connectivity index (χ0n) is 15.9. The summed E-state index contributed by atoms with van der Waals surface area (Å²) in [6.45, 7) is 1.92. The van der Waals surface area contributed by atoms with E-state index in [1.807, 2.05) is 37.3 Å². The van der Waals surface area contributed by atoms with Crippen molar-refractivity contribution in [1.29, 1.82) is 0 Å². The predicted molar refractivity (Wildman–Crippen MR) is 118 cm³/mol. The SMILES string of the molecule is Cc1cc(-c2nc3cccnc3s2)ccc1NC(=O)/C=C/c1ccc([N+](=O)[O-])cc1. The number of nitro groups is 1. The highest BCUT2D eigenvalue weighted by molar-refractivity contribution is 7.21. The van der Waals surface area contributed by atoms with Crippen LogP contribution in [0.4, 0.5) is 11.4 Å². The molecule has 4 aromatic rings. The fourth-order valence-electron chi connectivity index (χ4n) is 2.88. The number of nitrogens with one attached hydrogen (secondary N) is 1. The molecule has 148 valence electrons. The Kier molecular flexibility index (Phi) is 5.32. The highest BCUT2D eigenvalue weighted by atomic mass is 32.1. The second-order valence-electron chi connectivity index (χ2n) is 6.55. The number of non-ortho nitro benzene ring substituents is 1. The van der Waals surface area contributed by atoms with Gasteiger partial charge in [0.05, 0.1) is 4.92 Å². The molecule has 1 amide bonds. The summed E-state index contributed by atoms with van der Waals surface area (Å²) in [6.07, 6.45) is 4.75. The number of rotatable bonds is 5. The number of aromatic nitrogens is 2. The van der Waals surface area contributed by atoms with Crippen molar-refractivity contribution in [1.82, 2.24) is 9.97 Å². The third kappa shape index (κ3) is 4.23. The van der Waals surface area contributed by atoms with Gasteiger partial charge in [0.15, 0.2) is 0 Å². The molecule has 0 spiro atoms. The van der Waals surface area contributed by atoms with Crippen LogP contribution in [0.15, 0.2) is 66.9 Å². The van der Waals surface area contributed by atoms with Crippen LogP contribution in [0.25, 0.3) is 27.0 Å². The molecule has 2 aromatic heterocycles. The van der Waals surface area contributed by atoms with Gasteiger partial charge in [-0.05, 0) is 66.6 Å². The molecule has 1 N–H and O–H groups in total. The van der Waals surface area contributed by atoms with Crippen molar-refractivity contribution in [2.24, 2.45) is 0 Å². The number of amides is 1. The highest BCUT2D eigenvalue weighted by Gasteiger charge is 2.09. The number of pyridine rings is 1. The molecule has 0 saturated heterocycles. The molecular weight excluding hydrogens is 400 g/mol. The maximum Gasteiger partial charge on any atom is 0.269 e. The van der Waals surface area contributed by atoms with Crippen LogP contribution in [0, 0.1) is 17.0 Å². The normalized spacial score (nSPS) is 11.1. The first-order chi connectivity index (χ1) is 14.5. The van der Waals surface area contributed by atoms with Crippen LogP contribution in [0.2, 0.25) is 0 Å². The summed E-state index contributed by atoms with van der Waals surface area (Å²) in [5.41, 5.74) is 4.16. The number of carbonyl (C=O) groups is 1. The summed E-state index contributed by atoms with van der Waals surface area (Å²) in [6, 6.07) is 15.5. The summed E-state index contributed by atoms with van der Waals surface area (Å²) in [4.78, 5) is 32.3. The first kappa shape index (κ1) is 19.4. The predicted octanol–water partition coefficient (Wildman–Crippen LogP) is 5.23. The number of nitro benzene ring substituents is 1. The van der Waals surface area contributed by atoms with Crippen LogP contribution in [-0.2, 0) is 4.79 Å². The van der Waals surface area contributed by atoms with Gasteiger partial charge in [-0.2, -0.15) is 0 Å². The van der Waals surface area contributed by atoms with E-state index >= 15 is 0 Å². The lowest BCUT2D eigenvalue weighted by Crippen LogP contribution is -2.08. The summed E-state index contributed by atoms with van der Waals surface area (Å²) >= 11 is 1.52. The maximum atomic E-state index is 12.3. The smallest absolute Gasteiger partial charge is 0.269 e. The second-order valence-corrected chi connectivity index (χ2v) is 7.53. The molecule has 0 radical (unpaired) electrons. The van der Waals surface area contributed by atoms with E-state index in [1.54, 1.807) is 24.4 Å². The van der Waals surface area contributed by atoms with E-state index in [2.05, 4.69) is 15.3 Å². The molecule has 0 saturated carbocycles. The molecule has 0 unspecified atom stereocenters. The lowest BCUT2D eigenvalue weighted by molar-refractivity contribution is -0.384. The van der Waals surface area contributed by atoms with E-state index in [0.717, 1.165) is 26.5 Å². The maximum absolute atomic E-state index is 12.3. The van der Waals surface area contributed by atoms with E-state index in [9.17, 15) is 14.9 Å². The molecule has 2 aromatic carbocycles. The van der Waals surface area contributed by atoms with Gasteiger partial charge < -0.3 is 5.32 Å². The van der Waals surface area contributed by atoms with Crippen LogP contribution >= 0.6 is 11.3 Å². The largest absolute Gasteiger partial charge is 0.322 e. The molecular formula is C22H16N4O3S. The molecule has 2 heterocycles. The van der Waals surface area contributed by atoms with Crippen molar-refractivity contribution in [3.05, 3.63) is 88.1 Å². The Labute approximate surface area is 175 Å². The highest BCUT2D eigenvalue weighted by Crippen LogP contribution is 2.31. The standard InChI is InChI=1S/C22H16N4O3S/c1-14-13-16(21-25-19-3-2-12-23-22(19)30-21)7-10-18(14)24-20(27)11-6-15-4-8-17(9-5-15)26(28)29/h2-13H,1H3,(H,24,27)/b11-6+. The Balaban J connectivity index is 1.46. The first-order valence-electron chi connectivity index (χ1n) is 9.06. The Bertz CT molecular complexity index is 1250. The minimum atomic E-state index is -0.461. The molecule has 0 fully saturated rings. The van der Waals surface area contributed by atoms with E-state index in [0.29, 0.717) is 11.3 Å². The number of thiazole rings is 1. The third-order valence-electron chi connectivity index (χ3n) is 4.43. The molecule has 0 aliphatic heterocycles.